The number of halogens is 1. The average molecular weight is 411 g/mol. The van der Waals surface area contributed by atoms with Crippen LogP contribution in [0.1, 0.15) is 42.3 Å². The maximum Gasteiger partial charge on any atom is 0.214 e. The van der Waals surface area contributed by atoms with Crippen molar-refractivity contribution in [3.8, 4) is 11.5 Å². The van der Waals surface area contributed by atoms with E-state index in [0.717, 1.165) is 40.3 Å². The summed E-state index contributed by atoms with van der Waals surface area (Å²) in [4.78, 5) is 0. The lowest BCUT2D eigenvalue weighted by atomic mass is 9.96. The number of rotatable bonds is 4. The standard InChI is InChI=1S/C22H19ClN2O2S/c1-2-26-17-6-3-14(4-7-17)19-12-20-18-11-16(23)5-8-21(18)27-22(25(20)24-19)15-9-10-28-13-15/h3-11,13,20,22H,2,12H2,1H3/t20-,22+/m0/s1. The van der Waals surface area contributed by atoms with E-state index in [1.807, 2.05) is 37.3 Å². The molecule has 3 aromatic rings. The van der Waals surface area contributed by atoms with Gasteiger partial charge in [-0.15, -0.1) is 0 Å². The SMILES string of the molecule is CCOc1ccc(C2=NN3[C@@H](c4ccsc4)Oc4ccc(Cl)cc4[C@@H]3C2)cc1. The molecule has 3 heterocycles. The van der Waals surface area contributed by atoms with Gasteiger partial charge in [-0.25, -0.2) is 5.01 Å². The molecule has 0 aliphatic carbocycles. The van der Waals surface area contributed by atoms with Gasteiger partial charge in [0, 0.05) is 22.6 Å². The average Bonchev–Trinajstić information content (AvgIpc) is 3.39. The number of hydrogen-bond acceptors (Lipinski definition) is 5. The van der Waals surface area contributed by atoms with Gasteiger partial charge in [0.2, 0.25) is 6.23 Å². The second-order valence-electron chi connectivity index (χ2n) is 6.81. The molecule has 0 saturated heterocycles. The molecule has 0 bridgehead atoms. The molecule has 0 amide bonds. The monoisotopic (exact) mass is 410 g/mol. The van der Waals surface area contributed by atoms with Gasteiger partial charge in [0.15, 0.2) is 0 Å². The molecular weight excluding hydrogens is 392 g/mol. The van der Waals surface area contributed by atoms with Crippen molar-refractivity contribution in [2.45, 2.75) is 25.6 Å². The van der Waals surface area contributed by atoms with Gasteiger partial charge < -0.3 is 9.47 Å². The molecule has 4 nitrogen and oxygen atoms in total. The summed E-state index contributed by atoms with van der Waals surface area (Å²) in [6.07, 6.45) is 0.579. The maximum absolute atomic E-state index is 6.33. The topological polar surface area (TPSA) is 34.1 Å². The minimum Gasteiger partial charge on any atom is -0.494 e. The summed E-state index contributed by atoms with van der Waals surface area (Å²) in [6.45, 7) is 2.65. The lowest BCUT2D eigenvalue weighted by Gasteiger charge is -2.37. The third-order valence-corrected chi connectivity index (χ3v) is 6.02. The summed E-state index contributed by atoms with van der Waals surface area (Å²) >= 11 is 7.94. The zero-order valence-electron chi connectivity index (χ0n) is 15.3. The Bertz CT molecular complexity index is 1020. The van der Waals surface area contributed by atoms with Gasteiger partial charge >= 0.3 is 0 Å². The highest BCUT2D eigenvalue weighted by molar-refractivity contribution is 7.07. The third-order valence-electron chi connectivity index (χ3n) is 5.08. The summed E-state index contributed by atoms with van der Waals surface area (Å²) in [7, 11) is 0. The van der Waals surface area contributed by atoms with Gasteiger partial charge in [0.25, 0.3) is 0 Å². The first kappa shape index (κ1) is 17.6. The largest absolute Gasteiger partial charge is 0.494 e. The minimum atomic E-state index is -0.231. The van der Waals surface area contributed by atoms with Crippen molar-refractivity contribution in [3.05, 3.63) is 81.0 Å². The Morgan fingerprint density at radius 2 is 2.07 bits per heavy atom. The summed E-state index contributed by atoms with van der Waals surface area (Å²) in [6, 6.07) is 16.2. The molecule has 2 atom stereocenters. The van der Waals surface area contributed by atoms with E-state index in [4.69, 9.17) is 26.2 Å². The molecule has 2 aliphatic heterocycles. The minimum absolute atomic E-state index is 0.105. The molecule has 5 rings (SSSR count). The third kappa shape index (κ3) is 3.05. The Kier molecular flexibility index (Phi) is 4.49. The van der Waals surface area contributed by atoms with Crippen LogP contribution in [0.15, 0.2) is 64.4 Å². The van der Waals surface area contributed by atoms with Crippen LogP contribution < -0.4 is 9.47 Å². The van der Waals surface area contributed by atoms with Crippen LogP contribution in [-0.4, -0.2) is 17.3 Å². The van der Waals surface area contributed by atoms with Crippen LogP contribution in [0.2, 0.25) is 5.02 Å². The fourth-order valence-electron chi connectivity index (χ4n) is 3.78. The van der Waals surface area contributed by atoms with Gasteiger partial charge in [-0.3, -0.25) is 0 Å². The number of fused-ring (bicyclic) bond motifs is 3. The van der Waals surface area contributed by atoms with Gasteiger partial charge in [-0.05, 0) is 71.8 Å². The number of benzene rings is 2. The van der Waals surface area contributed by atoms with Crippen LogP contribution in [0.5, 0.6) is 11.5 Å². The van der Waals surface area contributed by atoms with Crippen LogP contribution >= 0.6 is 22.9 Å². The van der Waals surface area contributed by atoms with E-state index in [1.165, 1.54) is 0 Å². The molecule has 6 heteroatoms. The van der Waals surface area contributed by atoms with Crippen molar-refractivity contribution in [3.63, 3.8) is 0 Å². The molecule has 0 N–H and O–H groups in total. The van der Waals surface area contributed by atoms with Crippen LogP contribution in [0.3, 0.4) is 0 Å². The summed E-state index contributed by atoms with van der Waals surface area (Å²) in [5.74, 6) is 1.75. The predicted octanol–water partition coefficient (Wildman–Crippen LogP) is 6.04. The van der Waals surface area contributed by atoms with Crippen LogP contribution in [0.4, 0.5) is 0 Å². The van der Waals surface area contributed by atoms with Gasteiger partial charge in [0.05, 0.1) is 18.4 Å². The van der Waals surface area contributed by atoms with Crippen molar-refractivity contribution in [2.75, 3.05) is 6.61 Å². The highest BCUT2D eigenvalue weighted by atomic mass is 35.5. The molecule has 0 unspecified atom stereocenters. The molecule has 28 heavy (non-hydrogen) atoms. The molecule has 2 aromatic carbocycles. The van der Waals surface area contributed by atoms with E-state index in [0.29, 0.717) is 11.6 Å². The first-order valence-corrected chi connectivity index (χ1v) is 10.6. The molecule has 2 aliphatic rings. The van der Waals surface area contributed by atoms with Gasteiger partial charge in [0.1, 0.15) is 11.5 Å². The summed E-state index contributed by atoms with van der Waals surface area (Å²) < 4.78 is 11.9. The number of hydrogen-bond donors (Lipinski definition) is 0. The van der Waals surface area contributed by atoms with E-state index in [1.54, 1.807) is 11.3 Å². The van der Waals surface area contributed by atoms with E-state index in [-0.39, 0.29) is 12.3 Å². The Hall–Kier alpha value is -2.50. The normalized spacial score (nSPS) is 20.2. The highest BCUT2D eigenvalue weighted by Gasteiger charge is 2.41. The first-order chi connectivity index (χ1) is 13.7. The predicted molar refractivity (Wildman–Crippen MR) is 112 cm³/mol. The molecule has 0 spiro atoms. The van der Waals surface area contributed by atoms with Gasteiger partial charge in [-0.2, -0.15) is 16.4 Å². The second-order valence-corrected chi connectivity index (χ2v) is 8.03. The van der Waals surface area contributed by atoms with Gasteiger partial charge in [-0.1, -0.05) is 11.6 Å². The smallest absolute Gasteiger partial charge is 0.214 e. The zero-order chi connectivity index (χ0) is 19.1. The first-order valence-electron chi connectivity index (χ1n) is 9.30. The number of hydrazone groups is 1. The molecule has 142 valence electrons. The van der Waals surface area contributed by atoms with E-state index < -0.39 is 0 Å². The van der Waals surface area contributed by atoms with Crippen molar-refractivity contribution in [2.24, 2.45) is 5.10 Å². The fraction of sp³-hybridized carbons (Fsp3) is 0.227. The molecule has 0 fully saturated rings. The molecule has 0 radical (unpaired) electrons. The van der Waals surface area contributed by atoms with Crippen molar-refractivity contribution >= 4 is 28.6 Å². The zero-order valence-corrected chi connectivity index (χ0v) is 16.9. The molecule has 0 saturated carbocycles. The van der Waals surface area contributed by atoms with E-state index in [9.17, 15) is 0 Å². The lowest BCUT2D eigenvalue weighted by molar-refractivity contribution is -0.0187. The van der Waals surface area contributed by atoms with Crippen molar-refractivity contribution in [1.29, 1.82) is 0 Å². The Morgan fingerprint density at radius 3 is 2.82 bits per heavy atom. The highest BCUT2D eigenvalue weighted by Crippen LogP contribution is 2.48. The molecule has 1 aromatic heterocycles. The quantitative estimate of drug-likeness (QED) is 0.525. The second kappa shape index (κ2) is 7.15. The van der Waals surface area contributed by atoms with E-state index in [2.05, 4.69) is 34.0 Å². The Balaban J connectivity index is 1.53. The fourth-order valence-corrected chi connectivity index (χ4v) is 4.63. The van der Waals surface area contributed by atoms with Crippen molar-refractivity contribution < 1.29 is 9.47 Å². The Labute approximate surface area is 173 Å². The van der Waals surface area contributed by atoms with Crippen LogP contribution in [-0.2, 0) is 0 Å². The van der Waals surface area contributed by atoms with Crippen LogP contribution in [0.25, 0.3) is 0 Å². The molecular formula is C22H19ClN2O2S. The van der Waals surface area contributed by atoms with E-state index >= 15 is 0 Å². The summed E-state index contributed by atoms with van der Waals surface area (Å²) in [5.41, 5.74) is 4.35. The van der Waals surface area contributed by atoms with Crippen LogP contribution in [0, 0.1) is 0 Å². The number of nitrogens with zero attached hydrogens (tertiary/aromatic N) is 2. The summed E-state index contributed by atoms with van der Waals surface area (Å²) in [5, 5.41) is 11.9. The Morgan fingerprint density at radius 1 is 1.21 bits per heavy atom. The van der Waals surface area contributed by atoms with Crippen molar-refractivity contribution in [1.82, 2.24) is 5.01 Å². The maximum atomic E-state index is 6.33. The number of thiophene rings is 1. The lowest BCUT2D eigenvalue weighted by Crippen LogP contribution is -2.33. The number of ether oxygens (including phenoxy) is 2.